The number of halogens is 2. The SMILES string of the molecule is CCN(CCC(=O)O)C(=O)c1ccc(Br)c(F)c1. The normalized spacial score (nSPS) is 10.2. The lowest BCUT2D eigenvalue weighted by molar-refractivity contribution is -0.137. The third-order valence-corrected chi connectivity index (χ3v) is 3.07. The van der Waals surface area contributed by atoms with Crippen molar-refractivity contribution in [1.82, 2.24) is 4.90 Å². The van der Waals surface area contributed by atoms with Gasteiger partial charge in [0.25, 0.3) is 5.91 Å². The van der Waals surface area contributed by atoms with E-state index in [1.807, 2.05) is 0 Å². The average molecular weight is 318 g/mol. The van der Waals surface area contributed by atoms with E-state index in [4.69, 9.17) is 5.11 Å². The van der Waals surface area contributed by atoms with Gasteiger partial charge in [0.2, 0.25) is 0 Å². The van der Waals surface area contributed by atoms with Crippen LogP contribution >= 0.6 is 15.9 Å². The lowest BCUT2D eigenvalue weighted by Crippen LogP contribution is -2.32. The zero-order chi connectivity index (χ0) is 13.7. The van der Waals surface area contributed by atoms with E-state index in [2.05, 4.69) is 15.9 Å². The molecule has 1 aromatic rings. The van der Waals surface area contributed by atoms with Crippen LogP contribution in [0.15, 0.2) is 22.7 Å². The molecule has 0 aromatic heterocycles. The van der Waals surface area contributed by atoms with E-state index < -0.39 is 11.8 Å². The Morgan fingerprint density at radius 2 is 2.11 bits per heavy atom. The number of benzene rings is 1. The molecule has 0 aliphatic carbocycles. The van der Waals surface area contributed by atoms with Gasteiger partial charge in [-0.05, 0) is 41.1 Å². The van der Waals surface area contributed by atoms with Gasteiger partial charge in [0.1, 0.15) is 5.82 Å². The first kappa shape index (κ1) is 14.6. The van der Waals surface area contributed by atoms with Crippen molar-refractivity contribution >= 4 is 27.8 Å². The number of amides is 1. The molecule has 1 rings (SSSR count). The molecule has 0 bridgehead atoms. The number of rotatable bonds is 5. The highest BCUT2D eigenvalue weighted by molar-refractivity contribution is 9.10. The largest absolute Gasteiger partial charge is 0.481 e. The lowest BCUT2D eigenvalue weighted by atomic mass is 10.2. The second-order valence-electron chi connectivity index (χ2n) is 3.66. The third kappa shape index (κ3) is 3.80. The maximum Gasteiger partial charge on any atom is 0.305 e. The number of carboxylic acid groups (broad SMARTS) is 1. The lowest BCUT2D eigenvalue weighted by Gasteiger charge is -2.20. The van der Waals surface area contributed by atoms with Crippen molar-refractivity contribution in [3.63, 3.8) is 0 Å². The summed E-state index contributed by atoms with van der Waals surface area (Å²) in [5, 5.41) is 8.59. The highest BCUT2D eigenvalue weighted by Crippen LogP contribution is 2.17. The van der Waals surface area contributed by atoms with Crippen LogP contribution in [-0.4, -0.2) is 35.0 Å². The Bertz CT molecular complexity index is 465. The summed E-state index contributed by atoms with van der Waals surface area (Å²) in [5.41, 5.74) is 0.211. The highest BCUT2D eigenvalue weighted by atomic mass is 79.9. The van der Waals surface area contributed by atoms with Crippen LogP contribution in [0.4, 0.5) is 4.39 Å². The number of carboxylic acids is 1. The van der Waals surface area contributed by atoms with Gasteiger partial charge in [-0.2, -0.15) is 0 Å². The Kier molecular flexibility index (Phi) is 5.27. The number of nitrogens with zero attached hydrogens (tertiary/aromatic N) is 1. The summed E-state index contributed by atoms with van der Waals surface area (Å²) >= 11 is 3.00. The number of carbonyl (C=O) groups excluding carboxylic acids is 1. The van der Waals surface area contributed by atoms with Crippen LogP contribution in [-0.2, 0) is 4.79 Å². The number of aliphatic carboxylic acids is 1. The molecule has 0 radical (unpaired) electrons. The Labute approximate surface area is 113 Å². The quantitative estimate of drug-likeness (QED) is 0.907. The molecule has 1 aromatic carbocycles. The molecule has 1 amide bonds. The van der Waals surface area contributed by atoms with Gasteiger partial charge in [-0.15, -0.1) is 0 Å². The van der Waals surface area contributed by atoms with E-state index in [1.54, 1.807) is 6.92 Å². The van der Waals surface area contributed by atoms with Crippen molar-refractivity contribution in [2.24, 2.45) is 0 Å². The van der Waals surface area contributed by atoms with Crippen LogP contribution in [0, 0.1) is 5.82 Å². The van der Waals surface area contributed by atoms with Crippen molar-refractivity contribution < 1.29 is 19.1 Å². The van der Waals surface area contributed by atoms with Gasteiger partial charge >= 0.3 is 5.97 Å². The van der Waals surface area contributed by atoms with Gasteiger partial charge < -0.3 is 10.0 Å². The van der Waals surface area contributed by atoms with Gasteiger partial charge in [-0.1, -0.05) is 0 Å². The molecule has 0 heterocycles. The van der Waals surface area contributed by atoms with Crippen LogP contribution in [0.2, 0.25) is 0 Å². The fourth-order valence-electron chi connectivity index (χ4n) is 1.45. The second-order valence-corrected chi connectivity index (χ2v) is 4.51. The summed E-state index contributed by atoms with van der Waals surface area (Å²) in [6.07, 6.45) is -0.126. The topological polar surface area (TPSA) is 57.6 Å². The monoisotopic (exact) mass is 317 g/mol. The summed E-state index contributed by atoms with van der Waals surface area (Å²) < 4.78 is 13.6. The van der Waals surface area contributed by atoms with Crippen molar-refractivity contribution in [3.8, 4) is 0 Å². The van der Waals surface area contributed by atoms with Crippen LogP contribution < -0.4 is 0 Å². The molecule has 0 atom stereocenters. The highest BCUT2D eigenvalue weighted by Gasteiger charge is 2.16. The Morgan fingerprint density at radius 1 is 1.44 bits per heavy atom. The summed E-state index contributed by atoms with van der Waals surface area (Å²) in [4.78, 5) is 23.8. The van der Waals surface area contributed by atoms with Crippen LogP contribution in [0.25, 0.3) is 0 Å². The van der Waals surface area contributed by atoms with Crippen molar-refractivity contribution in [2.45, 2.75) is 13.3 Å². The van der Waals surface area contributed by atoms with E-state index in [0.717, 1.165) is 6.07 Å². The third-order valence-electron chi connectivity index (χ3n) is 2.43. The smallest absolute Gasteiger partial charge is 0.305 e. The molecule has 0 saturated carbocycles. The predicted molar refractivity (Wildman–Crippen MR) is 67.9 cm³/mol. The van der Waals surface area contributed by atoms with Crippen LogP contribution in [0.3, 0.4) is 0 Å². The van der Waals surface area contributed by atoms with Crippen LogP contribution in [0.1, 0.15) is 23.7 Å². The maximum absolute atomic E-state index is 13.3. The van der Waals surface area contributed by atoms with Gasteiger partial charge in [-0.25, -0.2) is 4.39 Å². The zero-order valence-corrected chi connectivity index (χ0v) is 11.4. The zero-order valence-electron chi connectivity index (χ0n) is 9.82. The van der Waals surface area contributed by atoms with Crippen molar-refractivity contribution in [3.05, 3.63) is 34.1 Å². The Hall–Kier alpha value is -1.43. The Balaban J connectivity index is 2.82. The number of hydrogen-bond acceptors (Lipinski definition) is 2. The molecule has 0 fully saturated rings. The van der Waals surface area contributed by atoms with E-state index in [1.165, 1.54) is 17.0 Å². The Morgan fingerprint density at radius 3 is 2.61 bits per heavy atom. The minimum atomic E-state index is -0.969. The predicted octanol–water partition coefficient (Wildman–Crippen LogP) is 2.53. The molecule has 0 aliphatic heterocycles. The second kappa shape index (κ2) is 6.49. The van der Waals surface area contributed by atoms with Crippen LogP contribution in [0.5, 0.6) is 0 Å². The van der Waals surface area contributed by atoms with E-state index in [9.17, 15) is 14.0 Å². The molecule has 6 heteroatoms. The van der Waals surface area contributed by atoms with Gasteiger partial charge in [0.15, 0.2) is 0 Å². The van der Waals surface area contributed by atoms with Gasteiger partial charge in [0.05, 0.1) is 10.9 Å². The summed E-state index contributed by atoms with van der Waals surface area (Å²) in [6, 6.07) is 4.09. The van der Waals surface area contributed by atoms with Gasteiger partial charge in [-0.3, -0.25) is 9.59 Å². The summed E-state index contributed by atoms with van der Waals surface area (Å²) in [6.45, 7) is 2.24. The molecular weight excluding hydrogens is 305 g/mol. The van der Waals surface area contributed by atoms with Gasteiger partial charge in [0, 0.05) is 18.7 Å². The van der Waals surface area contributed by atoms with E-state index in [-0.39, 0.29) is 28.9 Å². The van der Waals surface area contributed by atoms with E-state index in [0.29, 0.717) is 6.54 Å². The minimum Gasteiger partial charge on any atom is -0.481 e. The molecule has 0 spiro atoms. The van der Waals surface area contributed by atoms with Crippen molar-refractivity contribution in [1.29, 1.82) is 0 Å². The molecular formula is C12H13BrFNO3. The standard InChI is InChI=1S/C12H13BrFNO3/c1-2-15(6-5-11(16)17)12(18)8-3-4-9(13)10(14)7-8/h3-4,7H,2,5-6H2,1H3,(H,16,17). The molecule has 98 valence electrons. The summed E-state index contributed by atoms with van der Waals surface area (Å²) in [5.74, 6) is -1.86. The minimum absolute atomic E-state index is 0.113. The molecule has 0 aliphatic rings. The maximum atomic E-state index is 13.3. The fraction of sp³-hybridized carbons (Fsp3) is 0.333. The molecule has 4 nitrogen and oxygen atoms in total. The molecule has 18 heavy (non-hydrogen) atoms. The number of hydrogen-bond donors (Lipinski definition) is 1. The fourth-order valence-corrected chi connectivity index (χ4v) is 1.69. The first-order valence-corrected chi connectivity index (χ1v) is 6.21. The first-order chi connectivity index (χ1) is 8.45. The van der Waals surface area contributed by atoms with E-state index >= 15 is 0 Å². The number of carbonyl (C=O) groups is 2. The summed E-state index contributed by atoms with van der Waals surface area (Å²) in [7, 11) is 0. The molecule has 0 saturated heterocycles. The molecule has 1 N–H and O–H groups in total. The first-order valence-electron chi connectivity index (χ1n) is 5.41. The molecule has 0 unspecified atom stereocenters. The van der Waals surface area contributed by atoms with Crippen molar-refractivity contribution in [2.75, 3.05) is 13.1 Å². The average Bonchev–Trinajstić information content (AvgIpc) is 2.32.